The molecular formula is C17H23NO2. The molecule has 2 N–H and O–H groups in total. The number of nitrogens with one attached hydrogen (secondary N) is 1. The Morgan fingerprint density at radius 1 is 1.35 bits per heavy atom. The van der Waals surface area contributed by atoms with Crippen LogP contribution < -0.4 is 5.32 Å². The highest BCUT2D eigenvalue weighted by Gasteiger charge is 2.41. The third kappa shape index (κ3) is 2.59. The molecule has 0 radical (unpaired) electrons. The second kappa shape index (κ2) is 5.57. The van der Waals surface area contributed by atoms with Gasteiger partial charge in [0.05, 0.1) is 5.56 Å². The van der Waals surface area contributed by atoms with Gasteiger partial charge in [-0.15, -0.1) is 0 Å². The lowest BCUT2D eigenvalue weighted by molar-refractivity contribution is 0.0695. The van der Waals surface area contributed by atoms with Crippen molar-refractivity contribution in [2.45, 2.75) is 45.2 Å². The zero-order valence-corrected chi connectivity index (χ0v) is 12.0. The largest absolute Gasteiger partial charge is 0.478 e. The van der Waals surface area contributed by atoms with E-state index in [1.807, 2.05) is 12.1 Å². The van der Waals surface area contributed by atoms with Crippen LogP contribution in [-0.4, -0.2) is 17.1 Å². The summed E-state index contributed by atoms with van der Waals surface area (Å²) in [6.07, 6.45) is 5.60. The Kier molecular flexibility index (Phi) is 3.79. The van der Waals surface area contributed by atoms with Crippen LogP contribution in [0.3, 0.4) is 0 Å². The maximum Gasteiger partial charge on any atom is 0.336 e. The van der Waals surface area contributed by atoms with E-state index in [1.54, 1.807) is 12.1 Å². The van der Waals surface area contributed by atoms with E-state index in [0.29, 0.717) is 18.2 Å². The minimum absolute atomic E-state index is 0.417. The zero-order chi connectivity index (χ0) is 14.1. The molecule has 0 saturated heterocycles. The van der Waals surface area contributed by atoms with Gasteiger partial charge in [-0.25, -0.2) is 4.79 Å². The number of fused-ring (bicyclic) bond motifs is 2. The Balaban J connectivity index is 1.61. The Hall–Kier alpha value is -1.35. The van der Waals surface area contributed by atoms with Crippen LogP contribution in [0, 0.1) is 17.8 Å². The number of carboxylic acid groups (broad SMARTS) is 1. The summed E-state index contributed by atoms with van der Waals surface area (Å²) in [6.45, 7) is 2.91. The van der Waals surface area contributed by atoms with E-state index in [0.717, 1.165) is 23.3 Å². The van der Waals surface area contributed by atoms with Gasteiger partial charge < -0.3 is 10.4 Å². The van der Waals surface area contributed by atoms with Crippen molar-refractivity contribution in [2.75, 3.05) is 0 Å². The van der Waals surface area contributed by atoms with Crippen LogP contribution in [0.5, 0.6) is 0 Å². The molecule has 0 aromatic heterocycles. The Bertz CT molecular complexity index is 500. The van der Waals surface area contributed by atoms with Gasteiger partial charge in [-0.1, -0.05) is 24.6 Å². The normalized spacial score (nSPS) is 29.6. The zero-order valence-electron chi connectivity index (χ0n) is 12.0. The van der Waals surface area contributed by atoms with E-state index < -0.39 is 5.97 Å². The minimum Gasteiger partial charge on any atom is -0.478 e. The summed E-state index contributed by atoms with van der Waals surface area (Å²) in [6, 6.07) is 7.76. The topological polar surface area (TPSA) is 49.3 Å². The van der Waals surface area contributed by atoms with Gasteiger partial charge in [0.25, 0.3) is 0 Å². The third-order valence-corrected chi connectivity index (χ3v) is 5.30. The van der Waals surface area contributed by atoms with Crippen LogP contribution in [0.2, 0.25) is 0 Å². The van der Waals surface area contributed by atoms with E-state index in [1.165, 1.54) is 25.7 Å². The first-order valence-electron chi connectivity index (χ1n) is 7.69. The lowest BCUT2D eigenvalue weighted by Gasteiger charge is -2.28. The molecule has 1 aromatic rings. The summed E-state index contributed by atoms with van der Waals surface area (Å²) in [5.41, 5.74) is 1.30. The van der Waals surface area contributed by atoms with E-state index in [9.17, 15) is 9.90 Å². The average Bonchev–Trinajstić information content (AvgIpc) is 3.07. The van der Waals surface area contributed by atoms with Crippen LogP contribution in [0.1, 0.15) is 48.5 Å². The summed E-state index contributed by atoms with van der Waals surface area (Å²) in [4.78, 5) is 11.2. The molecule has 1 aromatic carbocycles. The second-order valence-electron chi connectivity index (χ2n) is 6.47. The van der Waals surface area contributed by atoms with Crippen LogP contribution in [0.15, 0.2) is 24.3 Å². The Labute approximate surface area is 120 Å². The summed E-state index contributed by atoms with van der Waals surface area (Å²) in [5, 5.41) is 12.8. The number of benzene rings is 1. The molecule has 20 heavy (non-hydrogen) atoms. The van der Waals surface area contributed by atoms with Gasteiger partial charge in [-0.2, -0.15) is 0 Å². The van der Waals surface area contributed by atoms with Crippen molar-refractivity contribution in [2.24, 2.45) is 17.8 Å². The molecule has 2 saturated carbocycles. The molecule has 2 bridgehead atoms. The molecule has 108 valence electrons. The number of hydrogen-bond donors (Lipinski definition) is 2. The molecule has 4 unspecified atom stereocenters. The molecular weight excluding hydrogens is 250 g/mol. The van der Waals surface area contributed by atoms with Crippen LogP contribution >= 0.6 is 0 Å². The fourth-order valence-electron chi connectivity index (χ4n) is 4.21. The molecule has 2 aliphatic rings. The third-order valence-electron chi connectivity index (χ3n) is 5.30. The summed E-state index contributed by atoms with van der Waals surface area (Å²) >= 11 is 0. The summed E-state index contributed by atoms with van der Waals surface area (Å²) in [5.74, 6) is 1.80. The molecule has 0 heterocycles. The highest BCUT2D eigenvalue weighted by Crippen LogP contribution is 2.49. The molecule has 3 nitrogen and oxygen atoms in total. The number of rotatable bonds is 5. The van der Waals surface area contributed by atoms with Gasteiger partial charge in [0.1, 0.15) is 0 Å². The Morgan fingerprint density at radius 2 is 2.15 bits per heavy atom. The fraction of sp³-hybridized carbons (Fsp3) is 0.588. The molecule has 0 aliphatic heterocycles. The minimum atomic E-state index is -0.838. The number of hydrogen-bond acceptors (Lipinski definition) is 2. The maximum absolute atomic E-state index is 11.2. The van der Waals surface area contributed by atoms with Gasteiger partial charge in [0, 0.05) is 12.6 Å². The van der Waals surface area contributed by atoms with Crippen molar-refractivity contribution in [1.82, 2.24) is 5.32 Å². The molecule has 3 heteroatoms. The lowest BCUT2D eigenvalue weighted by Crippen LogP contribution is -2.36. The van der Waals surface area contributed by atoms with E-state index in [-0.39, 0.29) is 0 Å². The summed E-state index contributed by atoms with van der Waals surface area (Å²) < 4.78 is 0. The van der Waals surface area contributed by atoms with Crippen molar-refractivity contribution >= 4 is 5.97 Å². The van der Waals surface area contributed by atoms with Crippen molar-refractivity contribution in [3.8, 4) is 0 Å². The first-order chi connectivity index (χ1) is 9.65. The van der Waals surface area contributed by atoms with Gasteiger partial charge in [0.2, 0.25) is 0 Å². The highest BCUT2D eigenvalue weighted by atomic mass is 16.4. The van der Waals surface area contributed by atoms with E-state index in [2.05, 4.69) is 12.2 Å². The van der Waals surface area contributed by atoms with Gasteiger partial charge >= 0.3 is 5.97 Å². The number of aromatic carboxylic acids is 1. The standard InChI is InChI=1S/C17H23NO2/c1-11(16-9-12-6-7-13(16)8-12)18-10-14-4-2-3-5-15(14)17(19)20/h2-5,11-13,16,18H,6-10H2,1H3,(H,19,20). The van der Waals surface area contributed by atoms with Crippen LogP contribution in [0.25, 0.3) is 0 Å². The predicted molar refractivity (Wildman–Crippen MR) is 78.6 cm³/mol. The fourth-order valence-corrected chi connectivity index (χ4v) is 4.21. The lowest BCUT2D eigenvalue weighted by atomic mass is 9.84. The van der Waals surface area contributed by atoms with E-state index >= 15 is 0 Å². The highest BCUT2D eigenvalue weighted by molar-refractivity contribution is 5.89. The number of carboxylic acids is 1. The summed E-state index contributed by atoms with van der Waals surface area (Å²) in [7, 11) is 0. The maximum atomic E-state index is 11.2. The quantitative estimate of drug-likeness (QED) is 0.865. The molecule has 2 aliphatic carbocycles. The Morgan fingerprint density at radius 3 is 2.80 bits per heavy atom. The molecule has 3 rings (SSSR count). The van der Waals surface area contributed by atoms with Crippen molar-refractivity contribution < 1.29 is 9.90 Å². The van der Waals surface area contributed by atoms with Crippen molar-refractivity contribution in [3.63, 3.8) is 0 Å². The molecule has 0 spiro atoms. The van der Waals surface area contributed by atoms with Gasteiger partial charge in [0.15, 0.2) is 0 Å². The van der Waals surface area contributed by atoms with Gasteiger partial charge in [-0.3, -0.25) is 0 Å². The van der Waals surface area contributed by atoms with Crippen molar-refractivity contribution in [1.29, 1.82) is 0 Å². The van der Waals surface area contributed by atoms with Crippen LogP contribution in [0.4, 0.5) is 0 Å². The average molecular weight is 273 g/mol. The monoisotopic (exact) mass is 273 g/mol. The second-order valence-corrected chi connectivity index (χ2v) is 6.47. The molecule has 4 atom stereocenters. The van der Waals surface area contributed by atoms with Crippen LogP contribution in [-0.2, 0) is 6.54 Å². The first-order valence-corrected chi connectivity index (χ1v) is 7.69. The smallest absolute Gasteiger partial charge is 0.336 e. The molecule has 0 amide bonds. The number of carbonyl (C=O) groups is 1. The van der Waals surface area contributed by atoms with Gasteiger partial charge in [-0.05, 0) is 55.6 Å². The predicted octanol–water partition coefficient (Wildman–Crippen LogP) is 3.30. The SMILES string of the molecule is CC(NCc1ccccc1C(=O)O)C1CC2CCC1C2. The van der Waals surface area contributed by atoms with Crippen molar-refractivity contribution in [3.05, 3.63) is 35.4 Å². The van der Waals surface area contributed by atoms with E-state index in [4.69, 9.17) is 0 Å². The first kappa shape index (κ1) is 13.6. The molecule has 2 fully saturated rings.